The van der Waals surface area contributed by atoms with Gasteiger partial charge in [0.25, 0.3) is 0 Å². The van der Waals surface area contributed by atoms with E-state index in [9.17, 15) is 0 Å². The third-order valence-corrected chi connectivity index (χ3v) is 5.82. The Morgan fingerprint density at radius 1 is 0.733 bits per heavy atom. The highest BCUT2D eigenvalue weighted by Gasteiger charge is 2.16. The molecule has 2 aromatic rings. The molecule has 3 heteroatoms. The molecule has 0 saturated heterocycles. The molecule has 0 aliphatic heterocycles. The van der Waals surface area contributed by atoms with Gasteiger partial charge < -0.3 is 9.64 Å². The van der Waals surface area contributed by atoms with E-state index in [1.165, 1.54) is 64.2 Å². The SMILES string of the molecule is CCCCCCCN(CCCCCCC)C(=N)c1ccc(OCC)c2ccccc12. The summed E-state index contributed by atoms with van der Waals surface area (Å²) in [5, 5.41) is 11.3. The van der Waals surface area contributed by atoms with Crippen molar-refractivity contribution in [1.29, 1.82) is 5.41 Å². The maximum Gasteiger partial charge on any atom is 0.128 e. The zero-order chi connectivity index (χ0) is 21.6. The normalized spacial score (nSPS) is 11.0. The maximum atomic E-state index is 9.06. The average molecular weight is 411 g/mol. The van der Waals surface area contributed by atoms with E-state index in [1.54, 1.807) is 0 Å². The van der Waals surface area contributed by atoms with Gasteiger partial charge in [-0.3, -0.25) is 5.41 Å². The van der Waals surface area contributed by atoms with Gasteiger partial charge in [0.1, 0.15) is 11.6 Å². The van der Waals surface area contributed by atoms with Crippen molar-refractivity contribution < 1.29 is 4.74 Å². The number of benzene rings is 2. The van der Waals surface area contributed by atoms with Crippen LogP contribution in [0.25, 0.3) is 10.8 Å². The molecule has 0 aromatic heterocycles. The van der Waals surface area contributed by atoms with Gasteiger partial charge >= 0.3 is 0 Å². The lowest BCUT2D eigenvalue weighted by Crippen LogP contribution is -2.33. The Labute approximate surface area is 184 Å². The second kappa shape index (κ2) is 14.1. The van der Waals surface area contributed by atoms with Gasteiger partial charge in [-0.05, 0) is 37.3 Å². The van der Waals surface area contributed by atoms with Crippen molar-refractivity contribution in [2.75, 3.05) is 19.7 Å². The Morgan fingerprint density at radius 2 is 1.30 bits per heavy atom. The molecule has 1 N–H and O–H groups in total. The van der Waals surface area contributed by atoms with Gasteiger partial charge in [-0.15, -0.1) is 0 Å². The second-order valence-electron chi connectivity index (χ2n) is 8.25. The number of fused-ring (bicyclic) bond motifs is 1. The Kier molecular flexibility index (Phi) is 11.4. The van der Waals surface area contributed by atoms with Gasteiger partial charge in [0.05, 0.1) is 6.61 Å². The van der Waals surface area contributed by atoms with Crippen LogP contribution in [0, 0.1) is 5.41 Å². The minimum Gasteiger partial charge on any atom is -0.493 e. The summed E-state index contributed by atoms with van der Waals surface area (Å²) in [5.41, 5.74) is 1.02. The minimum absolute atomic E-state index is 0.655. The van der Waals surface area contributed by atoms with Gasteiger partial charge in [0.2, 0.25) is 0 Å². The van der Waals surface area contributed by atoms with E-state index in [0.717, 1.165) is 35.2 Å². The number of rotatable bonds is 15. The van der Waals surface area contributed by atoms with Crippen molar-refractivity contribution in [2.24, 2.45) is 0 Å². The molecule has 0 saturated carbocycles. The van der Waals surface area contributed by atoms with Gasteiger partial charge in [-0.2, -0.15) is 0 Å². The van der Waals surface area contributed by atoms with Crippen molar-refractivity contribution in [3.63, 3.8) is 0 Å². The lowest BCUT2D eigenvalue weighted by atomic mass is 10.0. The maximum absolute atomic E-state index is 9.06. The minimum atomic E-state index is 0.655. The van der Waals surface area contributed by atoms with Crippen molar-refractivity contribution >= 4 is 16.6 Å². The Hall–Kier alpha value is -2.03. The summed E-state index contributed by atoms with van der Waals surface area (Å²) in [6.07, 6.45) is 12.7. The van der Waals surface area contributed by atoms with E-state index >= 15 is 0 Å². The van der Waals surface area contributed by atoms with Crippen LogP contribution < -0.4 is 4.74 Å². The standard InChI is InChI=1S/C27H42N2O/c1-4-7-9-11-15-21-29(22-16-12-10-8-5-2)27(28)25-19-20-26(30-6-3)24-18-14-13-17-23(24)25/h13-14,17-20,28H,4-12,15-16,21-22H2,1-3H3. The van der Waals surface area contributed by atoms with Crippen LogP contribution in [0.1, 0.15) is 90.5 Å². The zero-order valence-electron chi connectivity index (χ0n) is 19.5. The lowest BCUT2D eigenvalue weighted by molar-refractivity contribution is 0.344. The van der Waals surface area contributed by atoms with Crippen LogP contribution >= 0.6 is 0 Å². The Bertz CT molecular complexity index is 742. The molecule has 166 valence electrons. The van der Waals surface area contributed by atoms with Crippen molar-refractivity contribution in [3.05, 3.63) is 42.0 Å². The molecule has 0 amide bonds. The summed E-state index contributed by atoms with van der Waals surface area (Å²) in [6, 6.07) is 12.5. The van der Waals surface area contributed by atoms with Crippen LogP contribution in [0.4, 0.5) is 0 Å². The predicted molar refractivity (Wildman–Crippen MR) is 131 cm³/mol. The van der Waals surface area contributed by atoms with E-state index < -0.39 is 0 Å². The summed E-state index contributed by atoms with van der Waals surface area (Å²) in [4.78, 5) is 2.32. The molecule has 30 heavy (non-hydrogen) atoms. The highest BCUT2D eigenvalue weighted by atomic mass is 16.5. The summed E-state index contributed by atoms with van der Waals surface area (Å²) in [7, 11) is 0. The van der Waals surface area contributed by atoms with E-state index in [0.29, 0.717) is 12.4 Å². The van der Waals surface area contributed by atoms with Crippen LogP contribution in [0.3, 0.4) is 0 Å². The van der Waals surface area contributed by atoms with Crippen LogP contribution in [0.2, 0.25) is 0 Å². The molecule has 0 aliphatic rings. The largest absolute Gasteiger partial charge is 0.493 e. The van der Waals surface area contributed by atoms with Crippen molar-refractivity contribution in [1.82, 2.24) is 4.90 Å². The molecule has 0 aliphatic carbocycles. The number of hydrogen-bond acceptors (Lipinski definition) is 2. The fraction of sp³-hybridized carbons (Fsp3) is 0.593. The fourth-order valence-corrected chi connectivity index (χ4v) is 4.08. The number of nitrogens with one attached hydrogen (secondary N) is 1. The summed E-state index contributed by atoms with van der Waals surface area (Å²) in [6.45, 7) is 9.16. The highest BCUT2D eigenvalue weighted by molar-refractivity contribution is 6.09. The lowest BCUT2D eigenvalue weighted by Gasteiger charge is -2.26. The Balaban J connectivity index is 2.15. The van der Waals surface area contributed by atoms with Gasteiger partial charge in [0, 0.05) is 24.0 Å². The molecule has 0 heterocycles. The van der Waals surface area contributed by atoms with E-state index in [4.69, 9.17) is 10.1 Å². The molecule has 2 rings (SSSR count). The molecule has 2 aromatic carbocycles. The average Bonchev–Trinajstić information content (AvgIpc) is 2.77. The summed E-state index contributed by atoms with van der Waals surface area (Å²) >= 11 is 0. The van der Waals surface area contributed by atoms with Gasteiger partial charge in [-0.1, -0.05) is 89.5 Å². The van der Waals surface area contributed by atoms with Crippen LogP contribution in [-0.4, -0.2) is 30.4 Å². The molecular formula is C27H42N2O. The molecule has 0 atom stereocenters. The van der Waals surface area contributed by atoms with Crippen molar-refractivity contribution in [3.8, 4) is 5.75 Å². The van der Waals surface area contributed by atoms with Crippen LogP contribution in [0.15, 0.2) is 36.4 Å². The summed E-state index contributed by atoms with van der Waals surface area (Å²) in [5.74, 6) is 1.58. The summed E-state index contributed by atoms with van der Waals surface area (Å²) < 4.78 is 5.84. The van der Waals surface area contributed by atoms with Gasteiger partial charge in [-0.25, -0.2) is 0 Å². The molecule has 0 unspecified atom stereocenters. The van der Waals surface area contributed by atoms with E-state index in [1.807, 2.05) is 13.0 Å². The molecular weight excluding hydrogens is 368 g/mol. The first-order chi connectivity index (χ1) is 14.7. The van der Waals surface area contributed by atoms with Crippen molar-refractivity contribution in [2.45, 2.75) is 85.0 Å². The molecule has 0 bridgehead atoms. The third-order valence-electron chi connectivity index (χ3n) is 5.82. The number of unbranched alkanes of at least 4 members (excludes halogenated alkanes) is 8. The smallest absolute Gasteiger partial charge is 0.128 e. The number of nitrogens with zero attached hydrogens (tertiary/aromatic N) is 1. The fourth-order valence-electron chi connectivity index (χ4n) is 4.08. The van der Waals surface area contributed by atoms with Crippen LogP contribution in [-0.2, 0) is 0 Å². The van der Waals surface area contributed by atoms with E-state index in [-0.39, 0.29) is 0 Å². The topological polar surface area (TPSA) is 36.3 Å². The molecule has 0 radical (unpaired) electrons. The zero-order valence-corrected chi connectivity index (χ0v) is 19.5. The van der Waals surface area contributed by atoms with E-state index in [2.05, 4.69) is 49.1 Å². The Morgan fingerprint density at radius 3 is 1.87 bits per heavy atom. The van der Waals surface area contributed by atoms with Gasteiger partial charge in [0.15, 0.2) is 0 Å². The molecule has 0 fully saturated rings. The first kappa shape index (κ1) is 24.2. The first-order valence-corrected chi connectivity index (χ1v) is 12.2. The number of amidine groups is 1. The molecule has 0 spiro atoms. The highest BCUT2D eigenvalue weighted by Crippen LogP contribution is 2.29. The van der Waals surface area contributed by atoms with Crippen LogP contribution in [0.5, 0.6) is 5.75 Å². The molecule has 3 nitrogen and oxygen atoms in total. The first-order valence-electron chi connectivity index (χ1n) is 12.2. The predicted octanol–water partition coefficient (Wildman–Crippen LogP) is 7.81. The third kappa shape index (κ3) is 7.34. The monoisotopic (exact) mass is 410 g/mol. The number of hydrogen-bond donors (Lipinski definition) is 1. The second-order valence-corrected chi connectivity index (χ2v) is 8.25. The number of ether oxygens (including phenoxy) is 1. The quantitative estimate of drug-likeness (QED) is 0.185.